The predicted molar refractivity (Wildman–Crippen MR) is 80.1 cm³/mol. The Morgan fingerprint density at radius 3 is 1.80 bits per heavy atom. The maximum atomic E-state index is 12.1. The van der Waals surface area contributed by atoms with E-state index in [1.807, 2.05) is 11.8 Å². The number of carboxylic acid groups (broad SMARTS) is 3. The summed E-state index contributed by atoms with van der Waals surface area (Å²) in [7, 11) is 0. The zero-order valence-electron chi connectivity index (χ0n) is 13.0. The Balaban J connectivity index is 5.02. The lowest BCUT2D eigenvalue weighted by Crippen LogP contribution is -2.51. The van der Waals surface area contributed by atoms with Crippen LogP contribution in [0, 0.1) is 11.8 Å². The molecule has 0 aliphatic carbocycles. The van der Waals surface area contributed by atoms with Crippen LogP contribution in [0.1, 0.15) is 25.7 Å². The summed E-state index contributed by atoms with van der Waals surface area (Å²) in [5.41, 5.74) is 0. The van der Waals surface area contributed by atoms with E-state index in [1.54, 1.807) is 0 Å². The van der Waals surface area contributed by atoms with Gasteiger partial charge in [0.15, 0.2) is 0 Å². The summed E-state index contributed by atoms with van der Waals surface area (Å²) >= 11 is 0. The van der Waals surface area contributed by atoms with Crippen molar-refractivity contribution in [3.05, 3.63) is 0 Å². The van der Waals surface area contributed by atoms with Crippen molar-refractivity contribution in [2.24, 2.45) is 0 Å². The molecule has 0 heterocycles. The molecule has 0 saturated carbocycles. The van der Waals surface area contributed by atoms with E-state index in [0.29, 0.717) is 0 Å². The van der Waals surface area contributed by atoms with Crippen LogP contribution in [0.3, 0.4) is 0 Å². The number of aliphatic carboxylic acids is 3. The predicted octanol–water partition coefficient (Wildman–Crippen LogP) is -2.23. The van der Waals surface area contributed by atoms with Crippen LogP contribution in [0.25, 0.3) is 0 Å². The number of carbonyl (C=O) groups excluding carboxylic acids is 2. The molecule has 0 radical (unpaired) electrons. The number of amides is 2. The average molecular weight is 358 g/mol. The van der Waals surface area contributed by atoms with Gasteiger partial charge in [0.05, 0.1) is 0 Å². The Hall–Kier alpha value is -3.13. The summed E-state index contributed by atoms with van der Waals surface area (Å²) in [6.07, 6.45) is -1.72. The number of hydrogen-bond acceptors (Lipinski definition) is 6. The Labute approximate surface area is 142 Å². The number of rotatable bonds is 10. The smallest absolute Gasteiger partial charge is 0.326 e. The van der Waals surface area contributed by atoms with Crippen LogP contribution < -0.4 is 10.6 Å². The maximum absolute atomic E-state index is 12.1. The molecule has 11 nitrogen and oxygen atoms in total. The first-order valence-electron chi connectivity index (χ1n) is 7.04. The summed E-state index contributed by atoms with van der Waals surface area (Å²) in [5.74, 6) is -1.93. The molecule has 11 heteroatoms. The van der Waals surface area contributed by atoms with Crippen molar-refractivity contribution in [2.75, 3.05) is 6.61 Å². The first-order chi connectivity index (χ1) is 11.7. The van der Waals surface area contributed by atoms with E-state index in [4.69, 9.17) is 20.4 Å². The van der Waals surface area contributed by atoms with E-state index < -0.39 is 61.3 Å². The van der Waals surface area contributed by atoms with Gasteiger partial charge in [-0.25, -0.2) is 4.79 Å². The first-order valence-corrected chi connectivity index (χ1v) is 7.04. The largest absolute Gasteiger partial charge is 0.481 e. The Bertz CT molecular complexity index is 591. The van der Waals surface area contributed by atoms with Crippen molar-refractivity contribution in [3.63, 3.8) is 0 Å². The molecular weight excluding hydrogens is 340 g/mol. The van der Waals surface area contributed by atoms with E-state index >= 15 is 0 Å². The third kappa shape index (κ3) is 10.3. The fourth-order valence-electron chi connectivity index (χ4n) is 1.65. The van der Waals surface area contributed by atoms with Gasteiger partial charge in [0, 0.05) is 12.8 Å². The summed E-state index contributed by atoms with van der Waals surface area (Å²) in [4.78, 5) is 55.8. The zero-order valence-corrected chi connectivity index (χ0v) is 13.0. The summed E-state index contributed by atoms with van der Waals surface area (Å²) in [5, 5.41) is 38.9. The van der Waals surface area contributed by atoms with Crippen molar-refractivity contribution in [1.82, 2.24) is 10.6 Å². The highest BCUT2D eigenvalue weighted by Gasteiger charge is 2.27. The molecule has 2 amide bonds. The number of aliphatic hydroxyl groups excluding tert-OH is 1. The fourth-order valence-corrected chi connectivity index (χ4v) is 1.65. The SMILES string of the molecule is O=C(O)CC[C@H](NC(=O)[C@H](CCC(=O)O)NC(=O)C#CCO)C(=O)O. The Morgan fingerprint density at radius 1 is 0.840 bits per heavy atom. The molecule has 0 unspecified atom stereocenters. The number of carbonyl (C=O) groups is 5. The Morgan fingerprint density at radius 2 is 1.36 bits per heavy atom. The van der Waals surface area contributed by atoms with Crippen molar-refractivity contribution in [2.45, 2.75) is 37.8 Å². The standard InChI is InChI=1S/C14H18N2O9/c17-7-1-2-10(18)15-8(3-5-11(19)20)13(23)16-9(14(24)25)4-6-12(21)22/h8-9,17H,3-7H2,(H,15,18)(H,16,23)(H,19,20)(H,21,22)(H,24,25)/t8-,9-/m0/s1. The number of hydrogen-bond donors (Lipinski definition) is 6. The van der Waals surface area contributed by atoms with E-state index in [9.17, 15) is 24.0 Å². The molecule has 0 bridgehead atoms. The molecular formula is C14H18N2O9. The minimum Gasteiger partial charge on any atom is -0.481 e. The van der Waals surface area contributed by atoms with Gasteiger partial charge in [-0.1, -0.05) is 5.92 Å². The van der Waals surface area contributed by atoms with Gasteiger partial charge in [0.1, 0.15) is 18.7 Å². The molecule has 0 aromatic rings. The van der Waals surface area contributed by atoms with Gasteiger partial charge >= 0.3 is 17.9 Å². The maximum Gasteiger partial charge on any atom is 0.326 e. The van der Waals surface area contributed by atoms with Gasteiger partial charge in [-0.05, 0) is 18.8 Å². The van der Waals surface area contributed by atoms with Gasteiger partial charge in [-0.15, -0.1) is 0 Å². The summed E-state index contributed by atoms with van der Waals surface area (Å²) in [6.45, 7) is -0.602. The molecule has 0 spiro atoms. The lowest BCUT2D eigenvalue weighted by molar-refractivity contribution is -0.144. The lowest BCUT2D eigenvalue weighted by Gasteiger charge is -2.20. The molecule has 0 saturated heterocycles. The van der Waals surface area contributed by atoms with E-state index in [0.717, 1.165) is 0 Å². The highest BCUT2D eigenvalue weighted by molar-refractivity contribution is 5.97. The average Bonchev–Trinajstić information content (AvgIpc) is 2.52. The fraction of sp³-hybridized carbons (Fsp3) is 0.500. The van der Waals surface area contributed by atoms with Crippen LogP contribution in [0.2, 0.25) is 0 Å². The highest BCUT2D eigenvalue weighted by atomic mass is 16.4. The monoisotopic (exact) mass is 358 g/mol. The quantitative estimate of drug-likeness (QED) is 0.234. The minimum absolute atomic E-state index is 0.334. The molecule has 0 rings (SSSR count). The van der Waals surface area contributed by atoms with Crippen LogP contribution in [0.4, 0.5) is 0 Å². The van der Waals surface area contributed by atoms with Gasteiger partial charge in [0.2, 0.25) is 5.91 Å². The summed E-state index contributed by atoms with van der Waals surface area (Å²) < 4.78 is 0. The van der Waals surface area contributed by atoms with Crippen LogP contribution in [-0.2, 0) is 24.0 Å². The van der Waals surface area contributed by atoms with Crippen LogP contribution >= 0.6 is 0 Å². The first kappa shape index (κ1) is 21.9. The number of carboxylic acids is 3. The molecule has 25 heavy (non-hydrogen) atoms. The summed E-state index contributed by atoms with van der Waals surface area (Å²) in [6, 6.07) is -2.90. The Kier molecular flexibility index (Phi) is 9.98. The van der Waals surface area contributed by atoms with E-state index in [-0.39, 0.29) is 12.8 Å². The molecule has 0 aromatic carbocycles. The number of nitrogens with one attached hydrogen (secondary N) is 2. The molecule has 0 fully saturated rings. The van der Waals surface area contributed by atoms with Gasteiger partial charge < -0.3 is 31.1 Å². The molecule has 0 aliphatic rings. The van der Waals surface area contributed by atoms with Crippen molar-refractivity contribution < 1.29 is 44.4 Å². The van der Waals surface area contributed by atoms with E-state index in [2.05, 4.69) is 10.6 Å². The van der Waals surface area contributed by atoms with Gasteiger partial charge in [-0.2, -0.15) is 0 Å². The molecule has 6 N–H and O–H groups in total. The third-order valence-corrected chi connectivity index (χ3v) is 2.81. The number of aliphatic hydroxyl groups is 1. The molecule has 2 atom stereocenters. The van der Waals surface area contributed by atoms with Crippen molar-refractivity contribution in [1.29, 1.82) is 0 Å². The zero-order chi connectivity index (χ0) is 19.4. The van der Waals surface area contributed by atoms with Crippen molar-refractivity contribution in [3.8, 4) is 11.8 Å². The molecule has 138 valence electrons. The van der Waals surface area contributed by atoms with Crippen LogP contribution in [0.5, 0.6) is 0 Å². The molecule has 0 aromatic heterocycles. The van der Waals surface area contributed by atoms with Crippen LogP contribution in [0.15, 0.2) is 0 Å². The second-order valence-corrected chi connectivity index (χ2v) is 4.75. The van der Waals surface area contributed by atoms with E-state index in [1.165, 1.54) is 0 Å². The minimum atomic E-state index is -1.52. The third-order valence-electron chi connectivity index (χ3n) is 2.81. The molecule has 0 aliphatic heterocycles. The second-order valence-electron chi connectivity index (χ2n) is 4.75. The second kappa shape index (κ2) is 11.4. The normalized spacial score (nSPS) is 12.0. The lowest BCUT2D eigenvalue weighted by atomic mass is 10.1. The van der Waals surface area contributed by atoms with Gasteiger partial charge in [0.25, 0.3) is 5.91 Å². The van der Waals surface area contributed by atoms with Crippen molar-refractivity contribution >= 4 is 29.7 Å². The highest BCUT2D eigenvalue weighted by Crippen LogP contribution is 2.03. The van der Waals surface area contributed by atoms with Crippen LogP contribution in [-0.4, -0.2) is 68.8 Å². The topological polar surface area (TPSA) is 190 Å². The van der Waals surface area contributed by atoms with Gasteiger partial charge in [-0.3, -0.25) is 19.2 Å².